The predicted octanol–water partition coefficient (Wildman–Crippen LogP) is 4.25. The highest BCUT2D eigenvalue weighted by Gasteiger charge is 2.23. The monoisotopic (exact) mass is 238 g/mol. The molecule has 2 unspecified atom stereocenters. The first-order valence-electron chi connectivity index (χ1n) is 6.55. The van der Waals surface area contributed by atoms with Gasteiger partial charge in [0.25, 0.3) is 0 Å². The molecule has 0 saturated heterocycles. The summed E-state index contributed by atoms with van der Waals surface area (Å²) in [5, 5.41) is 0. The van der Waals surface area contributed by atoms with Gasteiger partial charge in [0, 0.05) is 17.9 Å². The first kappa shape index (κ1) is 11.9. The normalized spacial score (nSPS) is 25.9. The zero-order valence-corrected chi connectivity index (χ0v) is 11.1. The Morgan fingerprint density at radius 2 is 2.25 bits per heavy atom. The van der Waals surface area contributed by atoms with Gasteiger partial charge in [-0.15, -0.1) is 0 Å². The van der Waals surface area contributed by atoms with Gasteiger partial charge in [-0.05, 0) is 37.4 Å². The van der Waals surface area contributed by atoms with Crippen molar-refractivity contribution in [2.45, 2.75) is 58.4 Å². The van der Waals surface area contributed by atoms with Crippen molar-refractivity contribution < 1.29 is 0 Å². The van der Waals surface area contributed by atoms with Gasteiger partial charge in [0.1, 0.15) is 0 Å². The van der Waals surface area contributed by atoms with Gasteiger partial charge in [0.2, 0.25) is 0 Å². The molecule has 2 atom stereocenters. The number of imidazole rings is 1. The molecule has 1 heterocycles. The SMILES string of the molecule is CCc1c[nH]c(=S)n1C1CCCC(CC)C1. The quantitative estimate of drug-likeness (QED) is 0.781. The van der Waals surface area contributed by atoms with Crippen LogP contribution in [-0.2, 0) is 6.42 Å². The van der Waals surface area contributed by atoms with Crippen LogP contribution in [0.4, 0.5) is 0 Å². The number of aromatic amines is 1. The summed E-state index contributed by atoms with van der Waals surface area (Å²) in [6.45, 7) is 4.51. The lowest BCUT2D eigenvalue weighted by atomic mass is 9.84. The molecule has 1 N–H and O–H groups in total. The minimum Gasteiger partial charge on any atom is -0.337 e. The Morgan fingerprint density at radius 1 is 1.44 bits per heavy atom. The molecule has 1 aliphatic rings. The van der Waals surface area contributed by atoms with Crippen molar-refractivity contribution in [3.63, 3.8) is 0 Å². The largest absolute Gasteiger partial charge is 0.337 e. The molecule has 0 amide bonds. The number of aryl methyl sites for hydroxylation is 1. The maximum atomic E-state index is 5.40. The summed E-state index contributed by atoms with van der Waals surface area (Å²) in [5.74, 6) is 0.903. The van der Waals surface area contributed by atoms with Crippen LogP contribution in [0.25, 0.3) is 0 Å². The fourth-order valence-electron chi connectivity index (χ4n) is 2.96. The molecule has 1 fully saturated rings. The first-order chi connectivity index (χ1) is 7.76. The molecule has 16 heavy (non-hydrogen) atoms. The van der Waals surface area contributed by atoms with Gasteiger partial charge in [-0.25, -0.2) is 0 Å². The summed E-state index contributed by atoms with van der Waals surface area (Å²) in [7, 11) is 0. The predicted molar refractivity (Wildman–Crippen MR) is 70.3 cm³/mol. The molecule has 0 bridgehead atoms. The van der Waals surface area contributed by atoms with Crippen LogP contribution in [-0.4, -0.2) is 9.55 Å². The lowest BCUT2D eigenvalue weighted by Gasteiger charge is -2.30. The number of nitrogens with one attached hydrogen (secondary N) is 1. The van der Waals surface area contributed by atoms with Crippen molar-refractivity contribution in [1.82, 2.24) is 9.55 Å². The summed E-state index contributed by atoms with van der Waals surface area (Å²) in [5.41, 5.74) is 1.37. The van der Waals surface area contributed by atoms with Crippen LogP contribution in [0, 0.1) is 10.7 Å². The number of aromatic nitrogens is 2. The third-order valence-electron chi connectivity index (χ3n) is 3.95. The van der Waals surface area contributed by atoms with Gasteiger partial charge in [-0.1, -0.05) is 33.1 Å². The fourth-order valence-corrected chi connectivity index (χ4v) is 3.28. The van der Waals surface area contributed by atoms with Crippen molar-refractivity contribution in [3.8, 4) is 0 Å². The van der Waals surface area contributed by atoms with Gasteiger partial charge in [-0.2, -0.15) is 0 Å². The zero-order valence-electron chi connectivity index (χ0n) is 10.3. The van der Waals surface area contributed by atoms with Crippen LogP contribution in [0.2, 0.25) is 0 Å². The van der Waals surface area contributed by atoms with Gasteiger partial charge < -0.3 is 9.55 Å². The number of H-pyrrole nitrogens is 1. The minimum atomic E-state index is 0.646. The molecule has 0 aliphatic heterocycles. The van der Waals surface area contributed by atoms with E-state index < -0.39 is 0 Å². The Hall–Kier alpha value is -0.570. The van der Waals surface area contributed by atoms with E-state index in [4.69, 9.17) is 12.2 Å². The van der Waals surface area contributed by atoms with Crippen LogP contribution in [0.1, 0.15) is 57.7 Å². The van der Waals surface area contributed by atoms with Gasteiger partial charge in [-0.3, -0.25) is 0 Å². The number of hydrogen-bond acceptors (Lipinski definition) is 1. The molecule has 0 aromatic carbocycles. The number of rotatable bonds is 3. The second-order valence-electron chi connectivity index (χ2n) is 4.90. The molecule has 2 rings (SSSR count). The third-order valence-corrected chi connectivity index (χ3v) is 4.26. The standard InChI is InChI=1S/C13H22N2S/c1-3-10-6-5-7-12(8-10)15-11(4-2)9-14-13(15)16/h9-10,12H,3-8H2,1-2H3,(H,14,16). The van der Waals surface area contributed by atoms with Crippen molar-refractivity contribution in [2.75, 3.05) is 0 Å². The fraction of sp³-hybridized carbons (Fsp3) is 0.769. The molecular weight excluding hydrogens is 216 g/mol. The first-order valence-corrected chi connectivity index (χ1v) is 6.95. The van der Waals surface area contributed by atoms with Crippen LogP contribution < -0.4 is 0 Å². The van der Waals surface area contributed by atoms with Crippen molar-refractivity contribution >= 4 is 12.2 Å². The molecule has 3 heteroatoms. The molecule has 0 radical (unpaired) electrons. The summed E-state index contributed by atoms with van der Waals surface area (Å²) in [6, 6.07) is 0.646. The topological polar surface area (TPSA) is 20.7 Å². The summed E-state index contributed by atoms with van der Waals surface area (Å²) >= 11 is 5.40. The van der Waals surface area contributed by atoms with E-state index in [2.05, 4.69) is 29.6 Å². The minimum absolute atomic E-state index is 0.646. The Kier molecular flexibility index (Phi) is 3.85. The smallest absolute Gasteiger partial charge is 0.177 e. The van der Waals surface area contributed by atoms with E-state index in [0.717, 1.165) is 17.1 Å². The van der Waals surface area contributed by atoms with E-state index in [1.807, 2.05) is 0 Å². The molecular formula is C13H22N2S. The number of nitrogens with zero attached hydrogens (tertiary/aromatic N) is 1. The molecule has 1 aromatic heterocycles. The summed E-state index contributed by atoms with van der Waals surface area (Å²) in [4.78, 5) is 3.20. The third kappa shape index (κ3) is 2.24. The zero-order chi connectivity index (χ0) is 11.5. The lowest BCUT2D eigenvalue weighted by Crippen LogP contribution is -2.20. The molecule has 1 saturated carbocycles. The van der Waals surface area contributed by atoms with Crippen molar-refractivity contribution in [3.05, 3.63) is 16.7 Å². The van der Waals surface area contributed by atoms with Gasteiger partial charge >= 0.3 is 0 Å². The summed E-state index contributed by atoms with van der Waals surface area (Å²) in [6.07, 6.45) is 9.85. The van der Waals surface area contributed by atoms with Crippen LogP contribution >= 0.6 is 12.2 Å². The van der Waals surface area contributed by atoms with Crippen LogP contribution in [0.3, 0.4) is 0 Å². The average molecular weight is 238 g/mol. The van der Waals surface area contributed by atoms with Crippen molar-refractivity contribution in [2.24, 2.45) is 5.92 Å². The molecule has 0 spiro atoms. The lowest BCUT2D eigenvalue weighted by molar-refractivity contribution is 0.256. The van der Waals surface area contributed by atoms with Crippen LogP contribution in [0.5, 0.6) is 0 Å². The van der Waals surface area contributed by atoms with Gasteiger partial charge in [0.05, 0.1) is 0 Å². The van der Waals surface area contributed by atoms with E-state index in [1.165, 1.54) is 37.8 Å². The molecule has 1 aromatic rings. The summed E-state index contributed by atoms with van der Waals surface area (Å²) < 4.78 is 3.29. The highest BCUT2D eigenvalue weighted by atomic mass is 32.1. The van der Waals surface area contributed by atoms with Gasteiger partial charge in [0.15, 0.2) is 4.77 Å². The molecule has 90 valence electrons. The van der Waals surface area contributed by atoms with E-state index >= 15 is 0 Å². The Labute approximate surface area is 103 Å². The highest BCUT2D eigenvalue weighted by molar-refractivity contribution is 7.71. The second-order valence-corrected chi connectivity index (χ2v) is 5.29. The van der Waals surface area contributed by atoms with E-state index in [1.54, 1.807) is 0 Å². The van der Waals surface area contributed by atoms with E-state index in [9.17, 15) is 0 Å². The second kappa shape index (κ2) is 5.17. The van der Waals surface area contributed by atoms with E-state index in [0.29, 0.717) is 6.04 Å². The highest BCUT2D eigenvalue weighted by Crippen LogP contribution is 2.35. The number of hydrogen-bond donors (Lipinski definition) is 1. The maximum Gasteiger partial charge on any atom is 0.177 e. The average Bonchev–Trinajstić information content (AvgIpc) is 2.70. The molecule has 1 aliphatic carbocycles. The Bertz CT molecular complexity index is 391. The van der Waals surface area contributed by atoms with Crippen molar-refractivity contribution in [1.29, 1.82) is 0 Å². The van der Waals surface area contributed by atoms with Crippen LogP contribution in [0.15, 0.2) is 6.20 Å². The van der Waals surface area contributed by atoms with E-state index in [-0.39, 0.29) is 0 Å². The molecule has 2 nitrogen and oxygen atoms in total. The Balaban J connectivity index is 2.22. The maximum absolute atomic E-state index is 5.40. The Morgan fingerprint density at radius 3 is 2.94 bits per heavy atom.